The third-order valence-corrected chi connectivity index (χ3v) is 3.34. The largest absolute Gasteiger partial charge is 0.389 e. The van der Waals surface area contributed by atoms with E-state index in [2.05, 4.69) is 10.3 Å². The maximum absolute atomic E-state index is 12.3. The second-order valence-corrected chi connectivity index (χ2v) is 5.01. The first-order valence-electron chi connectivity index (χ1n) is 6.47. The molecule has 0 radical (unpaired) electrons. The van der Waals surface area contributed by atoms with E-state index in [1.54, 1.807) is 30.2 Å². The molecule has 1 aliphatic heterocycles. The Hall–Kier alpha value is -1.73. The van der Waals surface area contributed by atoms with Gasteiger partial charge >= 0.3 is 0 Å². The maximum atomic E-state index is 12.3. The summed E-state index contributed by atoms with van der Waals surface area (Å²) >= 11 is 4.98. The average Bonchev–Trinajstić information content (AvgIpc) is 2.47. The van der Waals surface area contributed by atoms with Gasteiger partial charge in [-0.25, -0.2) is 4.98 Å². The molecule has 0 saturated carbocycles. The van der Waals surface area contributed by atoms with Crippen LogP contribution in [-0.4, -0.2) is 53.1 Å². The molecule has 0 bridgehead atoms. The highest BCUT2D eigenvalue weighted by Gasteiger charge is 2.23. The van der Waals surface area contributed by atoms with Crippen LogP contribution < -0.4 is 11.1 Å². The standard InChI is InChI=1S/C13H18N4O2S/c1-9(13(18)17-5-7-19-8-6-17)16-12-10(11(14)20)3-2-4-15-12/h2-4,9H,5-8H2,1H3,(H2,14,20)(H,15,16). The van der Waals surface area contributed by atoms with E-state index >= 15 is 0 Å². The predicted octanol–water partition coefficient (Wildman–Crippen LogP) is 0.375. The highest BCUT2D eigenvalue weighted by molar-refractivity contribution is 7.80. The molecule has 1 atom stereocenters. The second kappa shape index (κ2) is 6.62. The number of morpholine rings is 1. The number of pyridine rings is 1. The van der Waals surface area contributed by atoms with Crippen molar-refractivity contribution in [3.8, 4) is 0 Å². The number of rotatable bonds is 4. The van der Waals surface area contributed by atoms with Gasteiger partial charge in [-0.05, 0) is 19.1 Å². The summed E-state index contributed by atoms with van der Waals surface area (Å²) in [7, 11) is 0. The van der Waals surface area contributed by atoms with Crippen molar-refractivity contribution in [2.45, 2.75) is 13.0 Å². The lowest BCUT2D eigenvalue weighted by molar-refractivity contribution is -0.135. The number of carbonyl (C=O) groups excluding carboxylic acids is 1. The molecule has 0 spiro atoms. The number of hydrogen-bond acceptors (Lipinski definition) is 5. The minimum Gasteiger partial charge on any atom is -0.389 e. The van der Waals surface area contributed by atoms with Gasteiger partial charge in [0.15, 0.2) is 0 Å². The summed E-state index contributed by atoms with van der Waals surface area (Å²) in [6.45, 7) is 4.21. The van der Waals surface area contributed by atoms with Gasteiger partial charge in [0.2, 0.25) is 5.91 Å². The van der Waals surface area contributed by atoms with E-state index in [9.17, 15) is 4.79 Å². The summed E-state index contributed by atoms with van der Waals surface area (Å²) in [5.41, 5.74) is 6.29. The number of nitrogens with zero attached hydrogens (tertiary/aromatic N) is 2. The molecule has 1 aromatic rings. The number of nitrogens with one attached hydrogen (secondary N) is 1. The molecule has 1 unspecified atom stereocenters. The fraction of sp³-hybridized carbons (Fsp3) is 0.462. The van der Waals surface area contributed by atoms with Crippen LogP contribution in [0.2, 0.25) is 0 Å². The van der Waals surface area contributed by atoms with Gasteiger partial charge in [0.05, 0.1) is 18.8 Å². The quantitative estimate of drug-likeness (QED) is 0.781. The molecule has 2 heterocycles. The van der Waals surface area contributed by atoms with Crippen LogP contribution in [0.4, 0.5) is 5.82 Å². The van der Waals surface area contributed by atoms with Gasteiger partial charge in [-0.2, -0.15) is 0 Å². The first-order chi connectivity index (χ1) is 9.59. The molecule has 0 aliphatic carbocycles. The minimum absolute atomic E-state index is 0.0212. The highest BCUT2D eigenvalue weighted by Crippen LogP contribution is 2.13. The van der Waals surface area contributed by atoms with Crippen molar-refractivity contribution in [3.63, 3.8) is 0 Å². The normalized spacial score (nSPS) is 16.6. The van der Waals surface area contributed by atoms with Crippen LogP contribution in [0.25, 0.3) is 0 Å². The number of ether oxygens (including phenoxy) is 1. The predicted molar refractivity (Wildman–Crippen MR) is 80.6 cm³/mol. The van der Waals surface area contributed by atoms with E-state index < -0.39 is 6.04 Å². The molecule has 7 heteroatoms. The van der Waals surface area contributed by atoms with Gasteiger partial charge in [0.25, 0.3) is 0 Å². The Morgan fingerprint density at radius 2 is 2.25 bits per heavy atom. The first-order valence-corrected chi connectivity index (χ1v) is 6.88. The van der Waals surface area contributed by atoms with E-state index in [1.807, 2.05) is 0 Å². The SMILES string of the molecule is CC(Nc1ncccc1C(N)=S)C(=O)N1CCOCC1. The van der Waals surface area contributed by atoms with Gasteiger partial charge in [-0.15, -0.1) is 0 Å². The summed E-state index contributed by atoms with van der Waals surface area (Å²) in [4.78, 5) is 18.5. The molecular weight excluding hydrogens is 276 g/mol. The van der Waals surface area contributed by atoms with E-state index in [0.29, 0.717) is 37.7 Å². The van der Waals surface area contributed by atoms with Crippen molar-refractivity contribution in [1.82, 2.24) is 9.88 Å². The summed E-state index contributed by atoms with van der Waals surface area (Å²) in [6, 6.07) is 3.15. The van der Waals surface area contributed by atoms with Gasteiger partial charge in [-0.3, -0.25) is 4.79 Å². The Labute approximate surface area is 123 Å². The molecule has 1 aromatic heterocycles. The van der Waals surface area contributed by atoms with E-state index in [1.165, 1.54) is 0 Å². The number of nitrogens with two attached hydrogens (primary N) is 1. The minimum atomic E-state index is -0.393. The molecule has 6 nitrogen and oxygen atoms in total. The highest BCUT2D eigenvalue weighted by atomic mass is 32.1. The number of hydrogen-bond donors (Lipinski definition) is 2. The molecule has 1 amide bonds. The van der Waals surface area contributed by atoms with Gasteiger partial charge in [-0.1, -0.05) is 12.2 Å². The van der Waals surface area contributed by atoms with Crippen molar-refractivity contribution in [2.24, 2.45) is 5.73 Å². The lowest BCUT2D eigenvalue weighted by Crippen LogP contribution is -2.47. The van der Waals surface area contributed by atoms with Crippen molar-refractivity contribution in [1.29, 1.82) is 0 Å². The molecule has 0 aromatic carbocycles. The average molecular weight is 294 g/mol. The fourth-order valence-corrected chi connectivity index (χ4v) is 2.21. The number of anilines is 1. The molecule has 1 saturated heterocycles. The van der Waals surface area contributed by atoms with Crippen LogP contribution >= 0.6 is 12.2 Å². The number of aromatic nitrogens is 1. The van der Waals surface area contributed by atoms with Gasteiger partial charge < -0.3 is 20.7 Å². The fourth-order valence-electron chi connectivity index (χ4n) is 2.04. The molecule has 3 N–H and O–H groups in total. The molecule has 1 fully saturated rings. The maximum Gasteiger partial charge on any atom is 0.244 e. The van der Waals surface area contributed by atoms with Crippen LogP contribution in [0.15, 0.2) is 18.3 Å². The Bertz CT molecular complexity index is 503. The zero-order chi connectivity index (χ0) is 14.5. The number of amides is 1. The van der Waals surface area contributed by atoms with Crippen LogP contribution in [0.5, 0.6) is 0 Å². The Morgan fingerprint density at radius 3 is 2.90 bits per heavy atom. The first kappa shape index (κ1) is 14.7. The summed E-state index contributed by atoms with van der Waals surface area (Å²) in [5.74, 6) is 0.557. The van der Waals surface area contributed by atoms with Crippen LogP contribution in [0, 0.1) is 0 Å². The van der Waals surface area contributed by atoms with Crippen LogP contribution in [-0.2, 0) is 9.53 Å². The number of thiocarbonyl (C=S) groups is 1. The van der Waals surface area contributed by atoms with Crippen LogP contribution in [0.3, 0.4) is 0 Å². The van der Waals surface area contributed by atoms with E-state index in [0.717, 1.165) is 0 Å². The zero-order valence-corrected chi connectivity index (χ0v) is 12.2. The third kappa shape index (κ3) is 3.43. The smallest absolute Gasteiger partial charge is 0.244 e. The topological polar surface area (TPSA) is 80.5 Å². The van der Waals surface area contributed by atoms with Crippen molar-refractivity contribution >= 4 is 28.9 Å². The Balaban J connectivity index is 2.05. The van der Waals surface area contributed by atoms with Crippen molar-refractivity contribution < 1.29 is 9.53 Å². The lowest BCUT2D eigenvalue weighted by atomic mass is 10.2. The van der Waals surface area contributed by atoms with E-state index in [-0.39, 0.29) is 10.9 Å². The van der Waals surface area contributed by atoms with Gasteiger partial charge in [0.1, 0.15) is 16.8 Å². The molecule has 108 valence electrons. The molecular formula is C13H18N4O2S. The van der Waals surface area contributed by atoms with Gasteiger partial charge in [0, 0.05) is 19.3 Å². The van der Waals surface area contributed by atoms with E-state index in [4.69, 9.17) is 22.7 Å². The van der Waals surface area contributed by atoms with Crippen molar-refractivity contribution in [2.75, 3.05) is 31.6 Å². The molecule has 2 rings (SSSR count). The zero-order valence-electron chi connectivity index (χ0n) is 11.3. The summed E-state index contributed by atoms with van der Waals surface area (Å²) < 4.78 is 5.24. The molecule has 20 heavy (non-hydrogen) atoms. The Kier molecular flexibility index (Phi) is 4.86. The van der Waals surface area contributed by atoms with Crippen LogP contribution in [0.1, 0.15) is 12.5 Å². The Morgan fingerprint density at radius 1 is 1.55 bits per heavy atom. The monoisotopic (exact) mass is 294 g/mol. The summed E-state index contributed by atoms with van der Waals surface area (Å²) in [5, 5.41) is 3.08. The number of carbonyl (C=O) groups is 1. The molecule has 1 aliphatic rings. The summed E-state index contributed by atoms with van der Waals surface area (Å²) in [6.07, 6.45) is 1.63. The van der Waals surface area contributed by atoms with Crippen molar-refractivity contribution in [3.05, 3.63) is 23.9 Å². The third-order valence-electron chi connectivity index (χ3n) is 3.12. The lowest BCUT2D eigenvalue weighted by Gasteiger charge is -2.29. The second-order valence-electron chi connectivity index (χ2n) is 4.57.